The summed E-state index contributed by atoms with van der Waals surface area (Å²) >= 11 is 2.72. The van der Waals surface area contributed by atoms with Gasteiger partial charge >= 0.3 is 5.97 Å². The van der Waals surface area contributed by atoms with E-state index in [4.69, 9.17) is 4.74 Å². The zero-order valence-corrected chi connectivity index (χ0v) is 19.4. The van der Waals surface area contributed by atoms with E-state index in [0.717, 1.165) is 47.1 Å². The molecule has 1 aliphatic carbocycles. The highest BCUT2D eigenvalue weighted by Crippen LogP contribution is 2.38. The molecule has 1 saturated carbocycles. The smallest absolute Gasteiger partial charge is 0.350 e. The molecule has 0 unspecified atom stereocenters. The van der Waals surface area contributed by atoms with Gasteiger partial charge in [-0.2, -0.15) is 16.1 Å². The number of carbonyl (C=O) groups excluding carboxylic acids is 2. The van der Waals surface area contributed by atoms with E-state index in [-0.39, 0.29) is 15.6 Å². The molecule has 2 aromatic heterocycles. The van der Waals surface area contributed by atoms with Gasteiger partial charge in [0.05, 0.1) is 0 Å². The zero-order valence-electron chi connectivity index (χ0n) is 16.9. The lowest BCUT2D eigenvalue weighted by atomic mass is 10.1. The second-order valence-electron chi connectivity index (χ2n) is 7.52. The van der Waals surface area contributed by atoms with Gasteiger partial charge in [-0.15, -0.1) is 11.3 Å². The standard InChI is InChI=1S/C20H24N2O5S3/c1-13-11-16(14(2)22(13)15-3-4-15)17(23)12-27-20(24)19-18(5-8-29-19)30(25,26)21-6-9-28-10-7-21/h5,8,11,15H,3-4,6-7,9-10,12H2,1-2H3. The molecule has 0 aromatic carbocycles. The molecule has 0 atom stereocenters. The number of carbonyl (C=O) groups is 2. The second-order valence-corrected chi connectivity index (χ2v) is 11.6. The Balaban J connectivity index is 1.46. The predicted molar refractivity (Wildman–Crippen MR) is 117 cm³/mol. The van der Waals surface area contributed by atoms with Crippen molar-refractivity contribution in [3.63, 3.8) is 0 Å². The minimum absolute atomic E-state index is 0.0180. The minimum atomic E-state index is -3.76. The normalized spacial score (nSPS) is 17.8. The van der Waals surface area contributed by atoms with Crippen LogP contribution in [0.15, 0.2) is 22.4 Å². The van der Waals surface area contributed by atoms with Crippen LogP contribution in [0, 0.1) is 13.8 Å². The van der Waals surface area contributed by atoms with E-state index in [2.05, 4.69) is 4.57 Å². The fourth-order valence-electron chi connectivity index (χ4n) is 3.80. The number of hydrogen-bond donors (Lipinski definition) is 0. The van der Waals surface area contributed by atoms with Crippen LogP contribution in [0.5, 0.6) is 0 Å². The van der Waals surface area contributed by atoms with E-state index in [9.17, 15) is 18.0 Å². The van der Waals surface area contributed by atoms with Crippen LogP contribution in [0.25, 0.3) is 0 Å². The molecule has 2 fully saturated rings. The van der Waals surface area contributed by atoms with E-state index in [0.29, 0.717) is 24.7 Å². The monoisotopic (exact) mass is 468 g/mol. The molecule has 0 radical (unpaired) electrons. The maximum absolute atomic E-state index is 12.9. The van der Waals surface area contributed by atoms with Crippen LogP contribution in [0.4, 0.5) is 0 Å². The van der Waals surface area contributed by atoms with Crippen LogP contribution in [0.1, 0.15) is 50.3 Å². The Bertz CT molecular complexity index is 1080. The van der Waals surface area contributed by atoms with Gasteiger partial charge in [0.15, 0.2) is 6.61 Å². The van der Waals surface area contributed by atoms with Gasteiger partial charge in [-0.05, 0) is 44.2 Å². The number of thiophene rings is 1. The molecule has 10 heteroatoms. The highest BCUT2D eigenvalue weighted by Gasteiger charge is 2.32. The molecule has 7 nitrogen and oxygen atoms in total. The highest BCUT2D eigenvalue weighted by atomic mass is 32.2. The number of ketones is 1. The van der Waals surface area contributed by atoms with Crippen molar-refractivity contribution in [2.45, 2.75) is 37.6 Å². The van der Waals surface area contributed by atoms with Crippen LogP contribution < -0.4 is 0 Å². The number of esters is 1. The number of sulfonamides is 1. The molecule has 3 heterocycles. The van der Waals surface area contributed by atoms with Gasteiger partial charge in [-0.1, -0.05) is 0 Å². The summed E-state index contributed by atoms with van der Waals surface area (Å²) < 4.78 is 34.7. The first-order valence-corrected chi connectivity index (χ1v) is 13.3. The molecular weight excluding hydrogens is 444 g/mol. The molecule has 2 aliphatic rings. The molecule has 0 bridgehead atoms. The van der Waals surface area contributed by atoms with E-state index >= 15 is 0 Å². The average Bonchev–Trinajstić information content (AvgIpc) is 3.33. The number of aromatic nitrogens is 1. The summed E-state index contributed by atoms with van der Waals surface area (Å²) in [5.74, 6) is 0.407. The summed E-state index contributed by atoms with van der Waals surface area (Å²) in [5.41, 5.74) is 2.46. The summed E-state index contributed by atoms with van der Waals surface area (Å²) in [6, 6.07) is 3.73. The first-order valence-electron chi connectivity index (χ1n) is 9.85. The molecule has 30 heavy (non-hydrogen) atoms. The van der Waals surface area contributed by atoms with Crippen LogP contribution >= 0.6 is 23.1 Å². The first-order chi connectivity index (χ1) is 14.3. The number of Topliss-reactive ketones (excluding diaryl/α,β-unsaturated/α-hetero) is 1. The SMILES string of the molecule is Cc1cc(C(=O)COC(=O)c2sccc2S(=O)(=O)N2CCSCC2)c(C)n1C1CC1. The maximum Gasteiger partial charge on any atom is 0.350 e. The van der Waals surface area contributed by atoms with Crippen LogP contribution in [0.2, 0.25) is 0 Å². The summed E-state index contributed by atoms with van der Waals surface area (Å²) in [6.07, 6.45) is 2.23. The third-order valence-corrected chi connectivity index (χ3v) is 9.34. The average molecular weight is 469 g/mol. The number of nitrogens with zero attached hydrogens (tertiary/aromatic N) is 2. The largest absolute Gasteiger partial charge is 0.453 e. The quantitative estimate of drug-likeness (QED) is 0.458. The maximum atomic E-state index is 12.9. The lowest BCUT2D eigenvalue weighted by Crippen LogP contribution is -2.38. The van der Waals surface area contributed by atoms with Gasteiger partial charge in [0.2, 0.25) is 15.8 Å². The van der Waals surface area contributed by atoms with Crippen molar-refractivity contribution in [1.82, 2.24) is 8.87 Å². The minimum Gasteiger partial charge on any atom is -0.453 e. The molecule has 2 aromatic rings. The topological polar surface area (TPSA) is 85.7 Å². The van der Waals surface area contributed by atoms with Crippen molar-refractivity contribution < 1.29 is 22.7 Å². The van der Waals surface area contributed by atoms with Gasteiger partial charge < -0.3 is 9.30 Å². The molecule has 0 N–H and O–H groups in total. The molecule has 0 spiro atoms. The van der Waals surface area contributed by atoms with Crippen molar-refractivity contribution in [2.24, 2.45) is 0 Å². The van der Waals surface area contributed by atoms with E-state index in [1.165, 1.54) is 10.4 Å². The van der Waals surface area contributed by atoms with Crippen LogP contribution in [-0.2, 0) is 14.8 Å². The lowest BCUT2D eigenvalue weighted by molar-refractivity contribution is 0.0476. The van der Waals surface area contributed by atoms with Gasteiger partial charge in [-0.3, -0.25) is 4.79 Å². The fourth-order valence-corrected chi connectivity index (χ4v) is 7.66. The van der Waals surface area contributed by atoms with Crippen molar-refractivity contribution in [3.05, 3.63) is 39.3 Å². The van der Waals surface area contributed by atoms with E-state index in [1.54, 1.807) is 17.1 Å². The Hall–Kier alpha value is -1.62. The summed E-state index contributed by atoms with van der Waals surface area (Å²) in [6.45, 7) is 4.31. The second kappa shape index (κ2) is 8.49. The Morgan fingerprint density at radius 3 is 2.57 bits per heavy atom. The summed E-state index contributed by atoms with van der Waals surface area (Å²) in [5, 5.41) is 1.56. The molecular formula is C20H24N2O5S3. The third kappa shape index (κ3) is 4.10. The van der Waals surface area contributed by atoms with Gasteiger partial charge in [0, 0.05) is 47.6 Å². The molecule has 1 aliphatic heterocycles. The lowest BCUT2D eigenvalue weighted by Gasteiger charge is -2.25. The number of aryl methyl sites for hydroxylation is 1. The van der Waals surface area contributed by atoms with Crippen LogP contribution in [0.3, 0.4) is 0 Å². The number of thioether (sulfide) groups is 1. The Morgan fingerprint density at radius 2 is 1.90 bits per heavy atom. The van der Waals surface area contributed by atoms with Crippen molar-refractivity contribution >= 4 is 44.9 Å². The van der Waals surface area contributed by atoms with E-state index in [1.807, 2.05) is 19.9 Å². The number of hydrogen-bond acceptors (Lipinski definition) is 7. The molecule has 4 rings (SSSR count). The number of ether oxygens (including phenoxy) is 1. The predicted octanol–water partition coefficient (Wildman–Crippen LogP) is 3.28. The Morgan fingerprint density at radius 1 is 1.20 bits per heavy atom. The van der Waals surface area contributed by atoms with Crippen molar-refractivity contribution in [1.29, 1.82) is 0 Å². The first kappa shape index (κ1) is 21.6. The van der Waals surface area contributed by atoms with Crippen LogP contribution in [-0.4, -0.2) is 60.2 Å². The van der Waals surface area contributed by atoms with E-state index < -0.39 is 22.6 Å². The fraction of sp³-hybridized carbons (Fsp3) is 0.500. The third-order valence-electron chi connectivity index (χ3n) is 5.43. The summed E-state index contributed by atoms with van der Waals surface area (Å²) in [7, 11) is -3.76. The van der Waals surface area contributed by atoms with Gasteiger partial charge in [0.25, 0.3) is 0 Å². The molecule has 1 saturated heterocycles. The van der Waals surface area contributed by atoms with Crippen molar-refractivity contribution in [3.8, 4) is 0 Å². The molecule has 162 valence electrons. The summed E-state index contributed by atoms with van der Waals surface area (Å²) in [4.78, 5) is 25.3. The molecule has 0 amide bonds. The zero-order chi connectivity index (χ0) is 21.5. The Kier molecular flexibility index (Phi) is 6.11. The van der Waals surface area contributed by atoms with Crippen molar-refractivity contribution in [2.75, 3.05) is 31.2 Å². The number of rotatable bonds is 7. The van der Waals surface area contributed by atoms with Gasteiger partial charge in [-0.25, -0.2) is 13.2 Å². The van der Waals surface area contributed by atoms with Gasteiger partial charge in [0.1, 0.15) is 9.77 Å². The highest BCUT2D eigenvalue weighted by molar-refractivity contribution is 7.99. The Labute approximate surface area is 184 Å².